The number of rotatable bonds is 7. The van der Waals surface area contributed by atoms with E-state index in [0.29, 0.717) is 22.5 Å². The van der Waals surface area contributed by atoms with Crippen LogP contribution in [0.4, 0.5) is 16.2 Å². The molecule has 0 bridgehead atoms. The predicted molar refractivity (Wildman–Crippen MR) is 121 cm³/mol. The number of nitrogens with two attached hydrogens (primary N) is 2. The van der Waals surface area contributed by atoms with Crippen molar-refractivity contribution >= 4 is 40.6 Å². The Bertz CT molecular complexity index is 1080. The molecule has 0 radical (unpaired) electrons. The second-order valence-electron chi connectivity index (χ2n) is 6.67. The van der Waals surface area contributed by atoms with E-state index in [1.165, 1.54) is 7.05 Å². The third-order valence-corrected chi connectivity index (χ3v) is 5.46. The van der Waals surface area contributed by atoms with E-state index in [0.717, 1.165) is 10.4 Å². The van der Waals surface area contributed by atoms with Crippen LogP contribution in [0.1, 0.15) is 15.9 Å². The third kappa shape index (κ3) is 5.61. The van der Waals surface area contributed by atoms with E-state index in [9.17, 15) is 14.4 Å². The summed E-state index contributed by atoms with van der Waals surface area (Å²) in [5, 5.41) is 7.23. The molecule has 1 aromatic heterocycles. The summed E-state index contributed by atoms with van der Waals surface area (Å²) in [6.45, 7) is 0. The van der Waals surface area contributed by atoms with E-state index < -0.39 is 18.1 Å². The Labute approximate surface area is 183 Å². The summed E-state index contributed by atoms with van der Waals surface area (Å²) in [5.74, 6) is -0.792. The Hall–Kier alpha value is -3.85. The largest absolute Gasteiger partial charge is 0.436 e. The number of primary amides is 1. The van der Waals surface area contributed by atoms with Gasteiger partial charge in [-0.05, 0) is 46.8 Å². The maximum Gasteiger partial charge on any atom is 0.405 e. The molecule has 0 aliphatic carbocycles. The number of ether oxygens (including phenoxy) is 1. The van der Waals surface area contributed by atoms with Gasteiger partial charge in [-0.15, -0.1) is 11.3 Å². The van der Waals surface area contributed by atoms with Crippen LogP contribution in [0.3, 0.4) is 0 Å². The fourth-order valence-electron chi connectivity index (χ4n) is 2.95. The zero-order chi connectivity index (χ0) is 22.4. The molecule has 6 N–H and O–H groups in total. The highest BCUT2D eigenvalue weighted by Gasteiger charge is 2.21. The lowest BCUT2D eigenvalue weighted by Gasteiger charge is -2.15. The van der Waals surface area contributed by atoms with Crippen LogP contribution >= 0.6 is 11.3 Å². The van der Waals surface area contributed by atoms with Gasteiger partial charge in [-0.3, -0.25) is 9.59 Å². The molecule has 3 amide bonds. The van der Waals surface area contributed by atoms with Gasteiger partial charge in [0.15, 0.2) is 6.10 Å². The van der Waals surface area contributed by atoms with E-state index in [1.807, 2.05) is 29.6 Å². The highest BCUT2D eigenvalue weighted by atomic mass is 32.1. The zero-order valence-electron chi connectivity index (χ0n) is 16.8. The van der Waals surface area contributed by atoms with Crippen molar-refractivity contribution in [3.05, 3.63) is 71.1 Å². The topological polar surface area (TPSA) is 137 Å². The number of hydrogen-bond acceptors (Lipinski definition) is 6. The molecule has 2 aromatic carbocycles. The first-order chi connectivity index (χ1) is 14.9. The lowest BCUT2D eigenvalue weighted by Crippen LogP contribution is -2.38. The summed E-state index contributed by atoms with van der Waals surface area (Å²) in [5.41, 5.74) is 14.1. The SMILES string of the molecule is CNC(=O)[C@H](Cc1ccc(C(=O)Nc2cc(-c3cccs3)ccc2N)cc1)OC(N)=O. The van der Waals surface area contributed by atoms with Gasteiger partial charge in [0.1, 0.15) is 0 Å². The molecule has 0 saturated heterocycles. The van der Waals surface area contributed by atoms with Crippen molar-refractivity contribution in [2.75, 3.05) is 18.1 Å². The predicted octanol–water partition coefficient (Wildman–Crippen LogP) is 3.00. The van der Waals surface area contributed by atoms with Crippen LogP contribution in [-0.2, 0) is 16.0 Å². The molecule has 1 heterocycles. The van der Waals surface area contributed by atoms with Crippen LogP contribution in [0.5, 0.6) is 0 Å². The smallest absolute Gasteiger partial charge is 0.405 e. The summed E-state index contributed by atoms with van der Waals surface area (Å²) < 4.78 is 4.85. The third-order valence-electron chi connectivity index (χ3n) is 4.54. The zero-order valence-corrected chi connectivity index (χ0v) is 17.6. The molecule has 0 unspecified atom stereocenters. The van der Waals surface area contributed by atoms with Gasteiger partial charge < -0.3 is 26.8 Å². The van der Waals surface area contributed by atoms with Gasteiger partial charge in [0, 0.05) is 23.9 Å². The second kappa shape index (κ2) is 9.77. The molecular formula is C22H22N4O4S. The standard InChI is InChI=1S/C22H22N4O4S/c1-25-21(28)18(30-22(24)29)11-13-4-6-14(7-5-13)20(27)26-17-12-15(8-9-16(17)23)19-3-2-10-31-19/h2-10,12,18H,11,23H2,1H3,(H2,24,29)(H,25,28)(H,26,27)/t18-/m0/s1. The van der Waals surface area contributed by atoms with Crippen molar-refractivity contribution in [3.8, 4) is 10.4 Å². The Morgan fingerprint density at radius 2 is 1.84 bits per heavy atom. The molecule has 8 nitrogen and oxygen atoms in total. The van der Waals surface area contributed by atoms with Crippen molar-refractivity contribution in [1.82, 2.24) is 5.32 Å². The highest BCUT2D eigenvalue weighted by Crippen LogP contribution is 2.30. The first-order valence-corrected chi connectivity index (χ1v) is 10.3. The molecule has 3 aromatic rings. The Balaban J connectivity index is 1.71. The van der Waals surface area contributed by atoms with E-state index >= 15 is 0 Å². The molecular weight excluding hydrogens is 416 g/mol. The summed E-state index contributed by atoms with van der Waals surface area (Å²) >= 11 is 1.60. The molecule has 0 aliphatic heterocycles. The maximum absolute atomic E-state index is 12.7. The molecule has 160 valence electrons. The number of anilines is 2. The molecule has 0 spiro atoms. The lowest BCUT2D eigenvalue weighted by molar-refractivity contribution is -0.128. The van der Waals surface area contributed by atoms with Crippen LogP contribution in [0, 0.1) is 0 Å². The molecule has 1 atom stereocenters. The molecule has 0 aliphatic rings. The number of hydrogen-bond donors (Lipinski definition) is 4. The van der Waals surface area contributed by atoms with Gasteiger partial charge in [-0.1, -0.05) is 24.3 Å². The van der Waals surface area contributed by atoms with Gasteiger partial charge in [-0.2, -0.15) is 0 Å². The Morgan fingerprint density at radius 1 is 1.10 bits per heavy atom. The minimum atomic E-state index is -1.05. The van der Waals surface area contributed by atoms with Gasteiger partial charge in [0.05, 0.1) is 11.4 Å². The van der Waals surface area contributed by atoms with Crippen LogP contribution in [0.25, 0.3) is 10.4 Å². The van der Waals surface area contributed by atoms with Crippen molar-refractivity contribution in [2.45, 2.75) is 12.5 Å². The van der Waals surface area contributed by atoms with Crippen LogP contribution in [0.2, 0.25) is 0 Å². The summed E-state index contributed by atoms with van der Waals surface area (Å²) in [7, 11) is 1.44. The number of nitrogen functional groups attached to an aromatic ring is 1. The second-order valence-corrected chi connectivity index (χ2v) is 7.62. The number of amides is 3. The quantitative estimate of drug-likeness (QED) is 0.420. The minimum Gasteiger partial charge on any atom is -0.436 e. The average Bonchev–Trinajstić information content (AvgIpc) is 3.29. The van der Waals surface area contributed by atoms with E-state index in [2.05, 4.69) is 10.6 Å². The Morgan fingerprint density at radius 3 is 2.45 bits per heavy atom. The fraction of sp³-hybridized carbons (Fsp3) is 0.136. The number of carbonyl (C=O) groups is 3. The van der Waals surface area contributed by atoms with Crippen LogP contribution < -0.4 is 22.1 Å². The monoisotopic (exact) mass is 438 g/mol. The molecule has 0 fully saturated rings. The van der Waals surface area contributed by atoms with E-state index in [1.54, 1.807) is 41.7 Å². The van der Waals surface area contributed by atoms with Crippen molar-refractivity contribution in [2.24, 2.45) is 5.73 Å². The maximum atomic E-state index is 12.7. The number of benzene rings is 2. The van der Waals surface area contributed by atoms with Crippen LogP contribution in [0.15, 0.2) is 60.0 Å². The number of carbonyl (C=O) groups excluding carboxylic acids is 3. The number of thiophene rings is 1. The first-order valence-electron chi connectivity index (χ1n) is 9.38. The normalized spacial score (nSPS) is 11.4. The average molecular weight is 439 g/mol. The van der Waals surface area contributed by atoms with E-state index in [-0.39, 0.29) is 12.3 Å². The summed E-state index contributed by atoms with van der Waals surface area (Å²) in [6.07, 6.45) is -1.96. The van der Waals surface area contributed by atoms with E-state index in [4.69, 9.17) is 16.2 Å². The van der Waals surface area contributed by atoms with Crippen molar-refractivity contribution in [1.29, 1.82) is 0 Å². The molecule has 9 heteroatoms. The summed E-state index contributed by atoms with van der Waals surface area (Å²) in [4.78, 5) is 36.6. The summed E-state index contributed by atoms with van der Waals surface area (Å²) in [6, 6.07) is 16.1. The molecule has 0 saturated carbocycles. The van der Waals surface area contributed by atoms with Crippen LogP contribution in [-0.4, -0.2) is 31.1 Å². The Kier molecular flexibility index (Phi) is 6.88. The molecule has 31 heavy (non-hydrogen) atoms. The van der Waals surface area contributed by atoms with Gasteiger partial charge in [0.2, 0.25) is 0 Å². The van der Waals surface area contributed by atoms with Gasteiger partial charge in [-0.25, -0.2) is 4.79 Å². The number of nitrogens with one attached hydrogen (secondary N) is 2. The lowest BCUT2D eigenvalue weighted by atomic mass is 10.0. The highest BCUT2D eigenvalue weighted by molar-refractivity contribution is 7.13. The minimum absolute atomic E-state index is 0.125. The van der Waals surface area contributed by atoms with Gasteiger partial charge in [0.25, 0.3) is 11.8 Å². The van der Waals surface area contributed by atoms with Gasteiger partial charge >= 0.3 is 6.09 Å². The fourth-order valence-corrected chi connectivity index (χ4v) is 3.67. The molecule has 3 rings (SSSR count). The van der Waals surface area contributed by atoms with Crippen molar-refractivity contribution < 1.29 is 19.1 Å². The first kappa shape index (κ1) is 21.8. The van der Waals surface area contributed by atoms with Crippen molar-refractivity contribution in [3.63, 3.8) is 0 Å². The number of likely N-dealkylation sites (N-methyl/N-ethyl adjacent to an activating group) is 1.